The Labute approximate surface area is 190 Å². The zero-order valence-electron chi connectivity index (χ0n) is 17.4. The topological polar surface area (TPSA) is 124 Å². The predicted molar refractivity (Wildman–Crippen MR) is 115 cm³/mol. The summed E-state index contributed by atoms with van der Waals surface area (Å²) in [6.45, 7) is 0. The molecule has 3 aromatic rings. The van der Waals surface area contributed by atoms with Gasteiger partial charge in [-0.15, -0.1) is 0 Å². The van der Waals surface area contributed by atoms with Crippen LogP contribution in [0.2, 0.25) is 0 Å². The fraction of sp³-hybridized carbons (Fsp3) is 0.227. The Morgan fingerprint density at radius 2 is 2.03 bits per heavy atom. The second kappa shape index (κ2) is 7.87. The van der Waals surface area contributed by atoms with E-state index in [-0.39, 0.29) is 29.5 Å². The van der Waals surface area contributed by atoms with E-state index in [4.69, 9.17) is 5.26 Å². The molecule has 0 radical (unpaired) electrons. The summed E-state index contributed by atoms with van der Waals surface area (Å²) in [6, 6.07) is 6.72. The van der Waals surface area contributed by atoms with Crippen LogP contribution in [0.4, 0.5) is 30.5 Å². The van der Waals surface area contributed by atoms with Gasteiger partial charge in [0.25, 0.3) is 5.91 Å². The number of hydrogen-bond acceptors (Lipinski definition) is 7. The molecule has 2 amide bonds. The molecule has 0 bridgehead atoms. The molecule has 3 heterocycles. The van der Waals surface area contributed by atoms with Crippen LogP contribution in [-0.2, 0) is 15.8 Å². The Bertz CT molecular complexity index is 1410. The number of imide groups is 1. The number of fused-ring (bicyclic) bond motifs is 1. The zero-order chi connectivity index (χ0) is 24.0. The van der Waals surface area contributed by atoms with Gasteiger partial charge in [-0.1, -0.05) is 0 Å². The van der Waals surface area contributed by atoms with Crippen LogP contribution in [0.3, 0.4) is 0 Å². The molecule has 5 rings (SSSR count). The van der Waals surface area contributed by atoms with Crippen LogP contribution < -0.4 is 16.0 Å². The lowest BCUT2D eigenvalue weighted by molar-refractivity contribution is -0.137. The van der Waals surface area contributed by atoms with E-state index in [2.05, 4.69) is 26.0 Å². The highest BCUT2D eigenvalue weighted by molar-refractivity contribution is 6.15. The minimum Gasteiger partial charge on any atom is -0.367 e. The lowest BCUT2D eigenvalue weighted by atomic mass is 10.1. The number of halogens is 3. The third kappa shape index (κ3) is 4.15. The number of alkyl halides is 3. The molecule has 2 aliphatic rings. The molecular weight excluding hydrogens is 451 g/mol. The molecule has 172 valence electrons. The van der Waals surface area contributed by atoms with Crippen molar-refractivity contribution in [3.05, 3.63) is 52.7 Å². The highest BCUT2D eigenvalue weighted by Gasteiger charge is 2.34. The van der Waals surface area contributed by atoms with Crippen molar-refractivity contribution in [1.82, 2.24) is 19.9 Å². The number of benzene rings is 1. The Balaban J connectivity index is 1.56. The average Bonchev–Trinajstić information content (AvgIpc) is 3.41. The lowest BCUT2D eigenvalue weighted by Gasteiger charge is -2.14. The molecule has 34 heavy (non-hydrogen) atoms. The van der Waals surface area contributed by atoms with Crippen molar-refractivity contribution >= 4 is 40.9 Å². The molecule has 1 aromatic carbocycles. The van der Waals surface area contributed by atoms with E-state index in [1.807, 2.05) is 0 Å². The van der Waals surface area contributed by atoms with Gasteiger partial charge in [0.05, 0.1) is 29.8 Å². The normalized spacial score (nSPS) is 17.2. The summed E-state index contributed by atoms with van der Waals surface area (Å²) in [5.41, 5.74) is -0.356. The maximum absolute atomic E-state index is 13.4. The molecule has 2 aromatic heterocycles. The molecule has 0 unspecified atom stereocenters. The second-order valence-electron chi connectivity index (χ2n) is 8.00. The molecule has 0 atom stereocenters. The van der Waals surface area contributed by atoms with Crippen molar-refractivity contribution in [3.8, 4) is 6.07 Å². The first-order valence-electron chi connectivity index (χ1n) is 10.3. The van der Waals surface area contributed by atoms with Crippen LogP contribution in [0.1, 0.15) is 36.0 Å². The van der Waals surface area contributed by atoms with Gasteiger partial charge in [-0.3, -0.25) is 14.9 Å². The molecule has 12 heteroatoms. The van der Waals surface area contributed by atoms with Crippen molar-refractivity contribution in [2.75, 3.05) is 10.6 Å². The maximum atomic E-state index is 13.4. The van der Waals surface area contributed by atoms with Crippen LogP contribution in [0.15, 0.2) is 36.0 Å². The zero-order valence-corrected chi connectivity index (χ0v) is 17.4. The summed E-state index contributed by atoms with van der Waals surface area (Å²) in [6.07, 6.45) is 0.200. The van der Waals surface area contributed by atoms with E-state index in [9.17, 15) is 22.8 Å². The minimum atomic E-state index is -4.69. The number of carbonyl (C=O) groups excluding carboxylic acids is 2. The van der Waals surface area contributed by atoms with Gasteiger partial charge in [0.15, 0.2) is 5.65 Å². The van der Waals surface area contributed by atoms with Gasteiger partial charge in [0.1, 0.15) is 11.6 Å². The first-order chi connectivity index (χ1) is 16.2. The maximum Gasteiger partial charge on any atom is 0.417 e. The third-order valence-corrected chi connectivity index (χ3v) is 5.37. The number of anilines is 3. The summed E-state index contributed by atoms with van der Waals surface area (Å²) in [5, 5.41) is 21.7. The molecule has 1 aliphatic carbocycles. The summed E-state index contributed by atoms with van der Waals surface area (Å²) in [7, 11) is 0. The van der Waals surface area contributed by atoms with E-state index in [0.29, 0.717) is 17.0 Å². The SMILES string of the molecule is N#Cc1ccc(Nc2cc(NC3CC3)n3ncc(/C=C4\CC(=O)NC4=O)c3n2)cc1C(F)(F)F. The average molecular weight is 467 g/mol. The highest BCUT2D eigenvalue weighted by atomic mass is 19.4. The van der Waals surface area contributed by atoms with Crippen molar-refractivity contribution in [1.29, 1.82) is 5.26 Å². The van der Waals surface area contributed by atoms with Crippen LogP contribution in [0.5, 0.6) is 0 Å². The van der Waals surface area contributed by atoms with Gasteiger partial charge in [-0.2, -0.15) is 28.0 Å². The van der Waals surface area contributed by atoms with Crippen LogP contribution >= 0.6 is 0 Å². The van der Waals surface area contributed by atoms with Gasteiger partial charge in [0.2, 0.25) is 5.91 Å². The smallest absolute Gasteiger partial charge is 0.367 e. The van der Waals surface area contributed by atoms with Crippen molar-refractivity contribution in [2.24, 2.45) is 0 Å². The number of nitrogens with zero attached hydrogens (tertiary/aromatic N) is 4. The summed E-state index contributed by atoms with van der Waals surface area (Å²) < 4.78 is 41.6. The first kappa shape index (κ1) is 21.4. The molecule has 1 saturated carbocycles. The Morgan fingerprint density at radius 1 is 1.24 bits per heavy atom. The highest BCUT2D eigenvalue weighted by Crippen LogP contribution is 2.35. The largest absolute Gasteiger partial charge is 0.417 e. The van der Waals surface area contributed by atoms with Gasteiger partial charge < -0.3 is 10.6 Å². The van der Waals surface area contributed by atoms with Crippen LogP contribution in [0, 0.1) is 11.3 Å². The van der Waals surface area contributed by atoms with E-state index in [0.717, 1.165) is 25.0 Å². The fourth-order valence-electron chi connectivity index (χ4n) is 3.60. The molecule has 1 saturated heterocycles. The molecule has 0 spiro atoms. The van der Waals surface area contributed by atoms with Crippen LogP contribution in [0.25, 0.3) is 11.7 Å². The Kier molecular flexibility index (Phi) is 4.97. The fourth-order valence-corrected chi connectivity index (χ4v) is 3.60. The van der Waals surface area contributed by atoms with Crippen molar-refractivity contribution < 1.29 is 22.8 Å². The number of hydrogen-bond donors (Lipinski definition) is 3. The van der Waals surface area contributed by atoms with Crippen molar-refractivity contribution in [2.45, 2.75) is 31.5 Å². The van der Waals surface area contributed by atoms with Gasteiger partial charge in [0, 0.05) is 28.9 Å². The number of nitrogens with one attached hydrogen (secondary N) is 3. The minimum absolute atomic E-state index is 0.0627. The van der Waals surface area contributed by atoms with Crippen molar-refractivity contribution in [3.63, 3.8) is 0 Å². The number of rotatable bonds is 5. The molecule has 9 nitrogen and oxygen atoms in total. The molecule has 3 N–H and O–H groups in total. The second-order valence-corrected chi connectivity index (χ2v) is 8.00. The number of amides is 2. The van der Waals surface area contributed by atoms with Gasteiger partial charge in [-0.25, -0.2) is 4.98 Å². The van der Waals surface area contributed by atoms with E-state index in [1.54, 1.807) is 12.1 Å². The number of aromatic nitrogens is 3. The number of carbonyl (C=O) groups is 2. The predicted octanol–water partition coefficient (Wildman–Crippen LogP) is 3.37. The van der Waals surface area contributed by atoms with Crippen LogP contribution in [-0.4, -0.2) is 32.5 Å². The lowest BCUT2D eigenvalue weighted by Crippen LogP contribution is -2.19. The van der Waals surface area contributed by atoms with Gasteiger partial charge in [-0.05, 0) is 37.1 Å². The monoisotopic (exact) mass is 467 g/mol. The molecular formula is C22H16F3N7O2. The Hall–Kier alpha value is -4.40. The van der Waals surface area contributed by atoms with E-state index < -0.39 is 29.1 Å². The standard InChI is InChI=1S/C22H16F3N7O2/c23-22(24,25)16-7-15(2-1-11(16)9-26)28-17-8-18(29-14-3-4-14)32-20(30-17)13(10-27-32)5-12-6-19(33)31-21(12)34/h1-2,5,7-8,10,14,29H,3-4,6H2,(H,28,30)(H,31,33,34)/b12-5+. The third-order valence-electron chi connectivity index (χ3n) is 5.37. The van der Waals surface area contributed by atoms with Gasteiger partial charge >= 0.3 is 6.18 Å². The van der Waals surface area contributed by atoms with E-state index >= 15 is 0 Å². The Morgan fingerprint density at radius 3 is 2.68 bits per heavy atom. The number of nitriles is 1. The summed E-state index contributed by atoms with van der Waals surface area (Å²) in [4.78, 5) is 27.9. The first-order valence-corrected chi connectivity index (χ1v) is 10.3. The summed E-state index contributed by atoms with van der Waals surface area (Å²) >= 11 is 0. The molecule has 2 fully saturated rings. The van der Waals surface area contributed by atoms with E-state index in [1.165, 1.54) is 22.9 Å². The summed E-state index contributed by atoms with van der Waals surface area (Å²) in [5.74, 6) is -0.0931. The molecule has 1 aliphatic heterocycles. The quantitative estimate of drug-likeness (QED) is 0.388.